The smallest absolute Gasteiger partial charge is 0.235 e. The third-order valence-electron chi connectivity index (χ3n) is 2.57. The van der Waals surface area contributed by atoms with Gasteiger partial charge in [-0.2, -0.15) is 0 Å². The van der Waals surface area contributed by atoms with Crippen LogP contribution in [-0.2, 0) is 14.8 Å². The first-order chi connectivity index (χ1) is 7.92. The van der Waals surface area contributed by atoms with E-state index in [1.807, 2.05) is 13.8 Å². The lowest BCUT2D eigenvalue weighted by Crippen LogP contribution is -2.47. The zero-order valence-electron chi connectivity index (χ0n) is 10.3. The number of carbonyl (C=O) groups is 1. The highest BCUT2D eigenvalue weighted by atomic mass is 32.2. The van der Waals surface area contributed by atoms with Gasteiger partial charge in [-0.3, -0.25) is 4.79 Å². The van der Waals surface area contributed by atoms with Gasteiger partial charge in [0.1, 0.15) is 0 Å². The molecule has 1 amide bonds. The average molecular weight is 263 g/mol. The summed E-state index contributed by atoms with van der Waals surface area (Å²) in [6.07, 6.45) is 1.50. The van der Waals surface area contributed by atoms with Crippen LogP contribution in [0.25, 0.3) is 0 Å². The maximum atomic E-state index is 11.8. The topological polar surface area (TPSA) is 87.3 Å². The molecule has 17 heavy (non-hydrogen) atoms. The third kappa shape index (κ3) is 5.01. The number of nitrogens with one attached hydrogen (secondary N) is 3. The number of hydrogen-bond acceptors (Lipinski definition) is 4. The van der Waals surface area contributed by atoms with Gasteiger partial charge in [0.15, 0.2) is 0 Å². The molecule has 6 nitrogen and oxygen atoms in total. The fraction of sp³-hybridized carbons (Fsp3) is 0.900. The molecule has 1 aliphatic rings. The Morgan fingerprint density at radius 2 is 2.18 bits per heavy atom. The Morgan fingerprint density at radius 1 is 1.47 bits per heavy atom. The van der Waals surface area contributed by atoms with E-state index in [9.17, 15) is 13.2 Å². The highest BCUT2D eigenvalue weighted by Gasteiger charge is 2.27. The van der Waals surface area contributed by atoms with Crippen molar-refractivity contribution in [3.05, 3.63) is 0 Å². The molecule has 3 N–H and O–H groups in total. The van der Waals surface area contributed by atoms with E-state index in [0.717, 1.165) is 13.0 Å². The van der Waals surface area contributed by atoms with Crippen molar-refractivity contribution in [2.75, 3.05) is 19.6 Å². The Morgan fingerprint density at radius 3 is 2.71 bits per heavy atom. The van der Waals surface area contributed by atoms with Crippen molar-refractivity contribution in [3.63, 3.8) is 0 Å². The second-order valence-electron chi connectivity index (χ2n) is 4.56. The van der Waals surface area contributed by atoms with Gasteiger partial charge in [0.05, 0.1) is 11.8 Å². The quantitative estimate of drug-likeness (QED) is 0.605. The van der Waals surface area contributed by atoms with Gasteiger partial charge in [0.2, 0.25) is 15.9 Å². The summed E-state index contributed by atoms with van der Waals surface area (Å²) in [4.78, 5) is 11.3. The van der Waals surface area contributed by atoms with Gasteiger partial charge in [-0.25, -0.2) is 13.1 Å². The Hall–Kier alpha value is -0.660. The molecule has 0 aliphatic carbocycles. The van der Waals surface area contributed by atoms with Crippen LogP contribution in [0.1, 0.15) is 26.7 Å². The number of rotatable bonds is 5. The SMILES string of the molecule is CC(C)NC(=O)CNS(=O)(=O)C1CCCNC1. The molecule has 7 heteroatoms. The van der Waals surface area contributed by atoms with Crippen molar-refractivity contribution in [3.8, 4) is 0 Å². The lowest BCUT2D eigenvalue weighted by atomic mass is 10.2. The Bertz CT molecular complexity index is 348. The largest absolute Gasteiger partial charge is 0.353 e. The molecular formula is C10H21N3O3S. The number of amides is 1. The molecule has 100 valence electrons. The predicted molar refractivity (Wildman–Crippen MR) is 66.1 cm³/mol. The molecule has 0 aromatic rings. The first-order valence-corrected chi connectivity index (χ1v) is 7.45. The third-order valence-corrected chi connectivity index (χ3v) is 4.40. The minimum atomic E-state index is -3.39. The molecule has 1 aliphatic heterocycles. The van der Waals surface area contributed by atoms with Crippen LogP contribution < -0.4 is 15.4 Å². The van der Waals surface area contributed by atoms with E-state index < -0.39 is 15.3 Å². The first-order valence-electron chi connectivity index (χ1n) is 5.90. The van der Waals surface area contributed by atoms with E-state index in [2.05, 4.69) is 15.4 Å². The van der Waals surface area contributed by atoms with Crippen LogP contribution in [0.5, 0.6) is 0 Å². The molecule has 0 spiro atoms. The molecule has 0 aromatic heterocycles. The minimum Gasteiger partial charge on any atom is -0.353 e. The van der Waals surface area contributed by atoms with Crippen LogP contribution >= 0.6 is 0 Å². The van der Waals surface area contributed by atoms with Crippen LogP contribution in [0.15, 0.2) is 0 Å². The van der Waals surface area contributed by atoms with Crippen molar-refractivity contribution in [2.45, 2.75) is 38.0 Å². The Labute approximate surface area is 103 Å². The fourth-order valence-electron chi connectivity index (χ4n) is 1.74. The normalized spacial score (nSPS) is 21.5. The molecule has 0 saturated carbocycles. The molecule has 1 unspecified atom stereocenters. The summed E-state index contributed by atoms with van der Waals surface area (Å²) in [5, 5.41) is 5.25. The van der Waals surface area contributed by atoms with Gasteiger partial charge < -0.3 is 10.6 Å². The number of carbonyl (C=O) groups excluding carboxylic acids is 1. The summed E-state index contributed by atoms with van der Waals surface area (Å²) in [7, 11) is -3.39. The van der Waals surface area contributed by atoms with Crippen molar-refractivity contribution < 1.29 is 13.2 Å². The van der Waals surface area contributed by atoms with Crippen LogP contribution in [0.3, 0.4) is 0 Å². The zero-order valence-corrected chi connectivity index (χ0v) is 11.1. The van der Waals surface area contributed by atoms with Crippen LogP contribution in [0.4, 0.5) is 0 Å². The lowest BCUT2D eigenvalue weighted by molar-refractivity contribution is -0.120. The molecule has 1 atom stereocenters. The standard InChI is InChI=1S/C10H21N3O3S/c1-8(2)13-10(14)7-12-17(15,16)9-4-3-5-11-6-9/h8-9,11-12H,3-7H2,1-2H3,(H,13,14). The van der Waals surface area contributed by atoms with Gasteiger partial charge in [-0.1, -0.05) is 0 Å². The number of sulfonamides is 1. The van der Waals surface area contributed by atoms with Crippen molar-refractivity contribution in [1.29, 1.82) is 0 Å². The van der Waals surface area contributed by atoms with E-state index in [0.29, 0.717) is 13.0 Å². The summed E-state index contributed by atoms with van der Waals surface area (Å²) in [6, 6.07) is 0.0170. The van der Waals surface area contributed by atoms with E-state index in [1.165, 1.54) is 0 Å². The number of hydrogen-bond donors (Lipinski definition) is 3. The molecule has 1 heterocycles. The summed E-state index contributed by atoms with van der Waals surface area (Å²) in [6.45, 7) is 4.80. The summed E-state index contributed by atoms with van der Waals surface area (Å²) in [5.74, 6) is -0.299. The summed E-state index contributed by atoms with van der Waals surface area (Å²) < 4.78 is 26.0. The number of piperidine rings is 1. The Balaban J connectivity index is 2.41. The van der Waals surface area contributed by atoms with Gasteiger partial charge in [0, 0.05) is 12.6 Å². The summed E-state index contributed by atoms with van der Waals surface area (Å²) in [5.41, 5.74) is 0. The second kappa shape index (κ2) is 6.32. The first kappa shape index (κ1) is 14.4. The van der Waals surface area contributed by atoms with Crippen molar-refractivity contribution in [1.82, 2.24) is 15.4 Å². The van der Waals surface area contributed by atoms with Crippen LogP contribution in [0.2, 0.25) is 0 Å². The molecule has 1 saturated heterocycles. The van der Waals surface area contributed by atoms with E-state index in [4.69, 9.17) is 0 Å². The van der Waals surface area contributed by atoms with Gasteiger partial charge in [-0.05, 0) is 33.2 Å². The van der Waals surface area contributed by atoms with Crippen molar-refractivity contribution in [2.24, 2.45) is 0 Å². The molecule has 1 rings (SSSR count). The van der Waals surface area contributed by atoms with Gasteiger partial charge in [0.25, 0.3) is 0 Å². The van der Waals surface area contributed by atoms with Gasteiger partial charge >= 0.3 is 0 Å². The predicted octanol–water partition coefficient (Wildman–Crippen LogP) is -0.818. The minimum absolute atomic E-state index is 0.0170. The molecule has 1 fully saturated rings. The Kier molecular flexibility index (Phi) is 5.35. The molecule has 0 bridgehead atoms. The van der Waals surface area contributed by atoms with Crippen molar-refractivity contribution >= 4 is 15.9 Å². The monoisotopic (exact) mass is 263 g/mol. The fourth-order valence-corrected chi connectivity index (χ4v) is 3.12. The molecule has 0 radical (unpaired) electrons. The summed E-state index contributed by atoms with van der Waals surface area (Å²) >= 11 is 0. The van der Waals surface area contributed by atoms with Gasteiger partial charge in [-0.15, -0.1) is 0 Å². The van der Waals surface area contributed by atoms with E-state index >= 15 is 0 Å². The lowest BCUT2D eigenvalue weighted by Gasteiger charge is -2.23. The highest BCUT2D eigenvalue weighted by Crippen LogP contribution is 2.09. The average Bonchev–Trinajstić information content (AvgIpc) is 2.27. The highest BCUT2D eigenvalue weighted by molar-refractivity contribution is 7.90. The maximum absolute atomic E-state index is 11.8. The van der Waals surface area contributed by atoms with Crippen LogP contribution in [0, 0.1) is 0 Å². The van der Waals surface area contributed by atoms with Crippen LogP contribution in [-0.4, -0.2) is 45.3 Å². The van der Waals surface area contributed by atoms with E-state index in [-0.39, 0.29) is 18.5 Å². The second-order valence-corrected chi connectivity index (χ2v) is 6.60. The maximum Gasteiger partial charge on any atom is 0.235 e. The molecule has 0 aromatic carbocycles. The zero-order chi connectivity index (χ0) is 12.9. The van der Waals surface area contributed by atoms with E-state index in [1.54, 1.807) is 0 Å². The molecular weight excluding hydrogens is 242 g/mol.